The Labute approximate surface area is 107 Å². The van der Waals surface area contributed by atoms with Gasteiger partial charge in [0.25, 0.3) is 0 Å². The van der Waals surface area contributed by atoms with Crippen molar-refractivity contribution in [2.24, 2.45) is 11.7 Å². The third kappa shape index (κ3) is 4.00. The summed E-state index contributed by atoms with van der Waals surface area (Å²) < 4.78 is 0. The number of aryl methyl sites for hydroxylation is 2. The maximum absolute atomic E-state index is 11.5. The van der Waals surface area contributed by atoms with Gasteiger partial charge in [0.2, 0.25) is 5.91 Å². The van der Waals surface area contributed by atoms with Gasteiger partial charge in [0.05, 0.1) is 17.1 Å². The van der Waals surface area contributed by atoms with Gasteiger partial charge >= 0.3 is 0 Å². The summed E-state index contributed by atoms with van der Waals surface area (Å²) in [5.41, 5.74) is 7.81. The highest BCUT2D eigenvalue weighted by molar-refractivity contribution is 5.93. The van der Waals surface area contributed by atoms with Crippen LogP contribution in [-0.2, 0) is 4.79 Å². The Bertz CT molecular complexity index is 321. The van der Waals surface area contributed by atoms with Crippen LogP contribution in [-0.4, -0.2) is 22.6 Å². The van der Waals surface area contributed by atoms with E-state index in [1.807, 2.05) is 13.8 Å². The quantitative estimate of drug-likeness (QED) is 0.775. The van der Waals surface area contributed by atoms with Gasteiger partial charge in [0.1, 0.15) is 0 Å². The van der Waals surface area contributed by atoms with E-state index in [0.29, 0.717) is 6.54 Å². The van der Waals surface area contributed by atoms with E-state index in [9.17, 15) is 4.79 Å². The third-order valence-electron chi connectivity index (χ3n) is 2.18. The predicted octanol–water partition coefficient (Wildman–Crippen LogP) is 1.40. The summed E-state index contributed by atoms with van der Waals surface area (Å²) in [6.45, 7) is 5.84. The first-order valence-electron chi connectivity index (χ1n) is 4.58. The minimum absolute atomic E-state index is 0. The number of nitrogens with one attached hydrogen (secondary N) is 2. The first kappa shape index (κ1) is 17.6. The number of hydrogen-bond donors (Lipinski definition) is 3. The first-order valence-corrected chi connectivity index (χ1v) is 4.58. The zero-order valence-electron chi connectivity index (χ0n) is 9.53. The molecular formula is C9H18Cl2N4O. The second kappa shape index (κ2) is 7.49. The molecule has 0 aliphatic rings. The van der Waals surface area contributed by atoms with Gasteiger partial charge in [-0.25, -0.2) is 0 Å². The summed E-state index contributed by atoms with van der Waals surface area (Å²) in [7, 11) is 0. The predicted molar refractivity (Wildman–Crippen MR) is 69.4 cm³/mol. The fraction of sp³-hybridized carbons (Fsp3) is 0.556. The molecule has 1 amide bonds. The lowest BCUT2D eigenvalue weighted by molar-refractivity contribution is -0.119. The molecule has 5 nitrogen and oxygen atoms in total. The Morgan fingerprint density at radius 1 is 1.50 bits per heavy atom. The average Bonchev–Trinajstić information content (AvgIpc) is 2.48. The van der Waals surface area contributed by atoms with Gasteiger partial charge in [-0.2, -0.15) is 5.10 Å². The number of aromatic nitrogens is 2. The van der Waals surface area contributed by atoms with Crippen LogP contribution in [0.3, 0.4) is 0 Å². The fourth-order valence-corrected chi connectivity index (χ4v) is 1.09. The molecule has 1 heterocycles. The molecule has 0 fully saturated rings. The van der Waals surface area contributed by atoms with Gasteiger partial charge in [-0.05, 0) is 13.8 Å². The molecule has 1 atom stereocenters. The van der Waals surface area contributed by atoms with Crippen molar-refractivity contribution in [3.8, 4) is 0 Å². The second-order valence-corrected chi connectivity index (χ2v) is 3.44. The zero-order chi connectivity index (χ0) is 10.7. The van der Waals surface area contributed by atoms with Crippen LogP contribution in [0.15, 0.2) is 0 Å². The Balaban J connectivity index is 0. The van der Waals surface area contributed by atoms with Crippen LogP contribution in [0, 0.1) is 19.8 Å². The molecule has 0 radical (unpaired) electrons. The molecule has 0 aliphatic heterocycles. The SMILES string of the molecule is Cc1n[nH]c(C)c1NC(=O)C(C)CN.Cl.Cl. The van der Waals surface area contributed by atoms with Crippen molar-refractivity contribution in [3.05, 3.63) is 11.4 Å². The van der Waals surface area contributed by atoms with Crippen molar-refractivity contribution in [3.63, 3.8) is 0 Å². The molecule has 1 aromatic rings. The van der Waals surface area contributed by atoms with E-state index in [0.717, 1.165) is 17.1 Å². The van der Waals surface area contributed by atoms with Crippen molar-refractivity contribution in [1.82, 2.24) is 10.2 Å². The standard InChI is InChI=1S/C9H16N4O.2ClH/c1-5(4-10)9(14)11-8-6(2)12-13-7(8)3;;/h5H,4,10H2,1-3H3,(H,11,14)(H,12,13);2*1H. The summed E-state index contributed by atoms with van der Waals surface area (Å²) in [5, 5.41) is 9.58. The van der Waals surface area contributed by atoms with E-state index in [2.05, 4.69) is 15.5 Å². The molecule has 0 saturated carbocycles. The number of carbonyl (C=O) groups excluding carboxylic acids is 1. The summed E-state index contributed by atoms with van der Waals surface area (Å²) >= 11 is 0. The van der Waals surface area contributed by atoms with Gasteiger partial charge < -0.3 is 11.1 Å². The maximum atomic E-state index is 11.5. The van der Waals surface area contributed by atoms with Crippen molar-refractivity contribution in [2.75, 3.05) is 11.9 Å². The summed E-state index contributed by atoms with van der Waals surface area (Å²) in [6, 6.07) is 0. The van der Waals surface area contributed by atoms with E-state index in [4.69, 9.17) is 5.73 Å². The Morgan fingerprint density at radius 3 is 2.44 bits per heavy atom. The number of nitrogens with two attached hydrogens (primary N) is 1. The molecule has 16 heavy (non-hydrogen) atoms. The lowest BCUT2D eigenvalue weighted by atomic mass is 10.1. The third-order valence-corrected chi connectivity index (χ3v) is 2.18. The van der Waals surface area contributed by atoms with Crippen LogP contribution in [0.2, 0.25) is 0 Å². The van der Waals surface area contributed by atoms with Crippen molar-refractivity contribution >= 4 is 36.4 Å². The van der Waals surface area contributed by atoms with Gasteiger partial charge in [-0.1, -0.05) is 6.92 Å². The van der Waals surface area contributed by atoms with Gasteiger partial charge in [-0.15, -0.1) is 24.8 Å². The molecule has 0 spiro atoms. The molecule has 1 aromatic heterocycles. The van der Waals surface area contributed by atoms with Crippen LogP contribution in [0.5, 0.6) is 0 Å². The minimum atomic E-state index is -0.177. The number of anilines is 1. The second-order valence-electron chi connectivity index (χ2n) is 3.44. The molecule has 0 saturated heterocycles. The largest absolute Gasteiger partial charge is 0.330 e. The summed E-state index contributed by atoms with van der Waals surface area (Å²) in [5.74, 6) is -0.246. The van der Waals surface area contributed by atoms with Crippen LogP contribution < -0.4 is 11.1 Å². The molecule has 0 aliphatic carbocycles. The summed E-state index contributed by atoms with van der Waals surface area (Å²) in [6.07, 6.45) is 0. The van der Waals surface area contributed by atoms with Crippen LogP contribution in [0.4, 0.5) is 5.69 Å². The molecule has 1 rings (SSSR count). The van der Waals surface area contributed by atoms with Crippen LogP contribution in [0.25, 0.3) is 0 Å². The number of carbonyl (C=O) groups is 1. The smallest absolute Gasteiger partial charge is 0.228 e. The number of rotatable bonds is 3. The highest BCUT2D eigenvalue weighted by Gasteiger charge is 2.14. The molecule has 1 unspecified atom stereocenters. The molecule has 0 bridgehead atoms. The van der Waals surface area contributed by atoms with Gasteiger partial charge in [0.15, 0.2) is 0 Å². The number of nitrogens with zero attached hydrogens (tertiary/aromatic N) is 1. The molecule has 94 valence electrons. The lowest BCUT2D eigenvalue weighted by Crippen LogP contribution is -2.27. The Kier molecular flexibility index (Phi) is 8.24. The van der Waals surface area contributed by atoms with Crippen molar-refractivity contribution in [1.29, 1.82) is 0 Å². The first-order chi connectivity index (χ1) is 6.56. The zero-order valence-corrected chi connectivity index (χ0v) is 11.2. The number of hydrogen-bond acceptors (Lipinski definition) is 3. The minimum Gasteiger partial charge on any atom is -0.330 e. The van der Waals surface area contributed by atoms with Crippen LogP contribution >= 0.6 is 24.8 Å². The van der Waals surface area contributed by atoms with Gasteiger partial charge in [-0.3, -0.25) is 9.89 Å². The van der Waals surface area contributed by atoms with Gasteiger partial charge in [0, 0.05) is 12.5 Å². The molecular weight excluding hydrogens is 251 g/mol. The molecule has 4 N–H and O–H groups in total. The van der Waals surface area contributed by atoms with E-state index in [1.165, 1.54) is 0 Å². The van der Waals surface area contributed by atoms with Crippen LogP contribution in [0.1, 0.15) is 18.3 Å². The van der Waals surface area contributed by atoms with E-state index in [1.54, 1.807) is 6.92 Å². The van der Waals surface area contributed by atoms with E-state index < -0.39 is 0 Å². The molecule has 7 heteroatoms. The number of halogens is 2. The fourth-order valence-electron chi connectivity index (χ4n) is 1.09. The Morgan fingerprint density at radius 2 is 2.06 bits per heavy atom. The van der Waals surface area contributed by atoms with E-state index >= 15 is 0 Å². The normalized spacial score (nSPS) is 11.0. The summed E-state index contributed by atoms with van der Waals surface area (Å²) in [4.78, 5) is 11.5. The number of aromatic amines is 1. The lowest BCUT2D eigenvalue weighted by Gasteiger charge is -2.09. The van der Waals surface area contributed by atoms with E-state index in [-0.39, 0.29) is 36.6 Å². The van der Waals surface area contributed by atoms with Crippen molar-refractivity contribution in [2.45, 2.75) is 20.8 Å². The monoisotopic (exact) mass is 268 g/mol. The van der Waals surface area contributed by atoms with Crippen molar-refractivity contribution < 1.29 is 4.79 Å². The highest BCUT2D eigenvalue weighted by Crippen LogP contribution is 2.16. The maximum Gasteiger partial charge on any atom is 0.228 e. The Hall–Kier alpha value is -0.780. The highest BCUT2D eigenvalue weighted by atomic mass is 35.5. The number of H-pyrrole nitrogens is 1. The average molecular weight is 269 g/mol. The number of amides is 1. The molecule has 0 aromatic carbocycles. The topological polar surface area (TPSA) is 83.8 Å².